The first kappa shape index (κ1) is 20.5. The summed E-state index contributed by atoms with van der Waals surface area (Å²) in [4.78, 5) is 0. The van der Waals surface area contributed by atoms with Crippen LogP contribution in [0.2, 0.25) is 0 Å². The Kier molecular flexibility index (Phi) is 6.32. The summed E-state index contributed by atoms with van der Waals surface area (Å²) in [5, 5.41) is 17.7. The van der Waals surface area contributed by atoms with Gasteiger partial charge in [-0.2, -0.15) is 0 Å². The van der Waals surface area contributed by atoms with Crippen LogP contribution in [0.4, 0.5) is 0 Å². The summed E-state index contributed by atoms with van der Waals surface area (Å²) in [6, 6.07) is 27.9. The molecule has 2 heterocycles. The smallest absolute Gasteiger partial charge is 0.277 e. The summed E-state index contributed by atoms with van der Waals surface area (Å²) in [7, 11) is 0. The van der Waals surface area contributed by atoms with Gasteiger partial charge in [0.15, 0.2) is 0 Å². The molecule has 0 saturated carbocycles. The molecule has 8 heteroatoms. The van der Waals surface area contributed by atoms with Crippen molar-refractivity contribution in [1.29, 1.82) is 0 Å². The van der Waals surface area contributed by atoms with Crippen LogP contribution in [-0.2, 0) is 11.5 Å². The van der Waals surface area contributed by atoms with Gasteiger partial charge in [0.05, 0.1) is 0 Å². The molecular formula is C24H18N4O2S2. The topological polar surface area (TPSA) is 77.8 Å². The number of rotatable bonds is 8. The maximum atomic E-state index is 5.77. The lowest BCUT2D eigenvalue weighted by Gasteiger charge is -2.03. The molecule has 0 saturated heterocycles. The second kappa shape index (κ2) is 9.84. The molecule has 0 atom stereocenters. The van der Waals surface area contributed by atoms with Crippen molar-refractivity contribution in [1.82, 2.24) is 20.4 Å². The first-order valence-corrected chi connectivity index (χ1v) is 11.9. The Morgan fingerprint density at radius 1 is 0.531 bits per heavy atom. The Bertz CT molecular complexity index is 1190. The van der Waals surface area contributed by atoms with Gasteiger partial charge in [-0.3, -0.25) is 0 Å². The van der Waals surface area contributed by atoms with Crippen LogP contribution in [0.1, 0.15) is 11.1 Å². The molecule has 0 N–H and O–H groups in total. The Balaban J connectivity index is 1.17. The van der Waals surface area contributed by atoms with E-state index in [2.05, 4.69) is 44.7 Å². The summed E-state index contributed by atoms with van der Waals surface area (Å²) in [5.74, 6) is 2.56. The number of hydrogen-bond donors (Lipinski definition) is 0. The maximum Gasteiger partial charge on any atom is 0.277 e. The second-order valence-electron chi connectivity index (χ2n) is 6.88. The van der Waals surface area contributed by atoms with Gasteiger partial charge in [0.25, 0.3) is 10.4 Å². The summed E-state index contributed by atoms with van der Waals surface area (Å²) >= 11 is 3.05. The molecule has 5 aromatic rings. The van der Waals surface area contributed by atoms with E-state index in [0.29, 0.717) is 22.2 Å². The van der Waals surface area contributed by atoms with Gasteiger partial charge in [0.1, 0.15) is 0 Å². The predicted octanol–water partition coefficient (Wildman–Crippen LogP) is 6.37. The van der Waals surface area contributed by atoms with Crippen molar-refractivity contribution in [2.75, 3.05) is 0 Å². The first-order chi connectivity index (χ1) is 15.8. The van der Waals surface area contributed by atoms with Crippen molar-refractivity contribution in [3.63, 3.8) is 0 Å². The quantitative estimate of drug-likeness (QED) is 0.248. The predicted molar refractivity (Wildman–Crippen MR) is 125 cm³/mol. The second-order valence-corrected chi connectivity index (χ2v) is 8.73. The van der Waals surface area contributed by atoms with Crippen LogP contribution in [0.3, 0.4) is 0 Å². The average Bonchev–Trinajstić information content (AvgIpc) is 3.53. The van der Waals surface area contributed by atoms with Gasteiger partial charge in [-0.05, 0) is 35.4 Å². The molecule has 6 nitrogen and oxygen atoms in total. The summed E-state index contributed by atoms with van der Waals surface area (Å²) in [6.07, 6.45) is 0. The van der Waals surface area contributed by atoms with E-state index in [-0.39, 0.29) is 0 Å². The normalized spacial score (nSPS) is 11.0. The van der Waals surface area contributed by atoms with Crippen molar-refractivity contribution in [3.05, 3.63) is 96.1 Å². The molecule has 0 spiro atoms. The molecule has 0 bridgehead atoms. The minimum absolute atomic E-state index is 0.535. The highest BCUT2D eigenvalue weighted by atomic mass is 32.2. The third-order valence-corrected chi connectivity index (χ3v) is 6.35. The van der Waals surface area contributed by atoms with Crippen LogP contribution in [0.25, 0.3) is 22.9 Å². The van der Waals surface area contributed by atoms with E-state index >= 15 is 0 Å². The Labute approximate surface area is 193 Å². The average molecular weight is 459 g/mol. The third-order valence-electron chi connectivity index (χ3n) is 4.57. The van der Waals surface area contributed by atoms with E-state index in [1.807, 2.05) is 60.7 Å². The van der Waals surface area contributed by atoms with Crippen molar-refractivity contribution >= 4 is 23.5 Å². The zero-order chi connectivity index (χ0) is 21.6. The lowest BCUT2D eigenvalue weighted by Crippen LogP contribution is -1.86. The molecular weight excluding hydrogens is 440 g/mol. The van der Waals surface area contributed by atoms with Gasteiger partial charge in [0.2, 0.25) is 11.8 Å². The van der Waals surface area contributed by atoms with Gasteiger partial charge < -0.3 is 8.83 Å². The van der Waals surface area contributed by atoms with Gasteiger partial charge in [-0.1, -0.05) is 84.2 Å². The highest BCUT2D eigenvalue weighted by Gasteiger charge is 2.11. The van der Waals surface area contributed by atoms with Crippen LogP contribution >= 0.6 is 23.5 Å². The maximum absolute atomic E-state index is 5.77. The standard InChI is InChI=1S/C24H18N4O2S2/c1-3-10-19(11-4-1)21-25-27-23(29-21)31-15-17-8-7-9-18(14-17)16-32-24-28-26-22(30-24)20-12-5-2-6-13-20/h1-14H,15-16H2. The molecule has 3 aromatic carbocycles. The lowest BCUT2D eigenvalue weighted by atomic mass is 10.2. The van der Waals surface area contributed by atoms with Crippen LogP contribution < -0.4 is 0 Å². The van der Waals surface area contributed by atoms with E-state index in [1.165, 1.54) is 34.7 Å². The molecule has 2 aromatic heterocycles. The fourth-order valence-corrected chi connectivity index (χ4v) is 4.44. The fourth-order valence-electron chi connectivity index (χ4n) is 3.03. The van der Waals surface area contributed by atoms with Crippen LogP contribution in [-0.4, -0.2) is 20.4 Å². The van der Waals surface area contributed by atoms with E-state index < -0.39 is 0 Å². The van der Waals surface area contributed by atoms with Crippen molar-refractivity contribution in [2.45, 2.75) is 22.0 Å². The molecule has 32 heavy (non-hydrogen) atoms. The summed E-state index contributed by atoms with van der Waals surface area (Å²) in [6.45, 7) is 0. The molecule has 158 valence electrons. The first-order valence-electron chi connectivity index (χ1n) is 9.95. The number of thioether (sulfide) groups is 2. The molecule has 0 aliphatic rings. The van der Waals surface area contributed by atoms with Crippen LogP contribution in [0, 0.1) is 0 Å². The largest absolute Gasteiger partial charge is 0.411 e. The van der Waals surface area contributed by atoms with Crippen LogP contribution in [0.5, 0.6) is 0 Å². The number of aromatic nitrogens is 4. The van der Waals surface area contributed by atoms with Gasteiger partial charge >= 0.3 is 0 Å². The number of nitrogens with zero attached hydrogens (tertiary/aromatic N) is 4. The van der Waals surface area contributed by atoms with E-state index in [0.717, 1.165) is 22.6 Å². The van der Waals surface area contributed by atoms with Crippen molar-refractivity contribution in [2.24, 2.45) is 0 Å². The molecule has 0 unspecified atom stereocenters. The minimum Gasteiger partial charge on any atom is -0.411 e. The van der Waals surface area contributed by atoms with Gasteiger partial charge in [-0.15, -0.1) is 20.4 Å². The Morgan fingerprint density at radius 2 is 1.00 bits per heavy atom. The van der Waals surface area contributed by atoms with Gasteiger partial charge in [0, 0.05) is 22.6 Å². The lowest BCUT2D eigenvalue weighted by molar-refractivity contribution is 0.465. The summed E-state index contributed by atoms with van der Waals surface area (Å²) in [5.41, 5.74) is 4.20. The molecule has 0 amide bonds. The minimum atomic E-state index is 0.535. The molecule has 0 aliphatic heterocycles. The Morgan fingerprint density at radius 3 is 1.47 bits per heavy atom. The molecule has 0 aliphatic carbocycles. The molecule has 0 radical (unpaired) electrons. The Hall–Kier alpha value is -3.36. The zero-order valence-corrected chi connectivity index (χ0v) is 18.6. The molecule has 0 fully saturated rings. The highest BCUT2D eigenvalue weighted by molar-refractivity contribution is 7.98. The monoisotopic (exact) mass is 458 g/mol. The SMILES string of the molecule is c1ccc(-c2nnc(SCc3cccc(CSc4nnc(-c5ccccc5)o4)c3)o2)cc1. The summed E-state index contributed by atoms with van der Waals surface area (Å²) < 4.78 is 11.5. The molecule has 5 rings (SSSR count). The van der Waals surface area contributed by atoms with Crippen molar-refractivity contribution < 1.29 is 8.83 Å². The van der Waals surface area contributed by atoms with E-state index in [9.17, 15) is 0 Å². The highest BCUT2D eigenvalue weighted by Crippen LogP contribution is 2.28. The van der Waals surface area contributed by atoms with E-state index in [1.54, 1.807) is 0 Å². The van der Waals surface area contributed by atoms with Crippen LogP contribution in [0.15, 0.2) is 104 Å². The van der Waals surface area contributed by atoms with Gasteiger partial charge in [-0.25, -0.2) is 0 Å². The fraction of sp³-hybridized carbons (Fsp3) is 0.0833. The number of benzene rings is 3. The van der Waals surface area contributed by atoms with Crippen molar-refractivity contribution in [3.8, 4) is 22.9 Å². The number of hydrogen-bond acceptors (Lipinski definition) is 8. The zero-order valence-electron chi connectivity index (χ0n) is 16.9. The van der Waals surface area contributed by atoms with E-state index in [4.69, 9.17) is 8.83 Å². The third kappa shape index (κ3) is 5.09.